The molecule has 1 heterocycles. The van der Waals surface area contributed by atoms with Crippen LogP contribution >= 0.6 is 11.6 Å². The Morgan fingerprint density at radius 3 is 2.74 bits per heavy atom. The summed E-state index contributed by atoms with van der Waals surface area (Å²) in [7, 11) is 1.55. The minimum atomic E-state index is -0.267. The van der Waals surface area contributed by atoms with E-state index < -0.39 is 0 Å². The van der Waals surface area contributed by atoms with Crippen molar-refractivity contribution in [3.05, 3.63) is 76.6 Å². The molecule has 0 fully saturated rings. The molecular weight excluding hydrogens is 364 g/mol. The smallest absolute Gasteiger partial charge is 0.270 e. The number of anilines is 2. The minimum absolute atomic E-state index is 0.267. The number of methoxy groups -OCH3 is 1. The molecule has 2 N–H and O–H groups in total. The number of carbonyl (C=O) groups is 1. The van der Waals surface area contributed by atoms with Crippen LogP contribution < -0.4 is 15.4 Å². The third-order valence-electron chi connectivity index (χ3n) is 4.00. The molecule has 6 nitrogen and oxygen atoms in total. The molecule has 0 aliphatic rings. The molecule has 0 saturated carbocycles. The van der Waals surface area contributed by atoms with Crippen LogP contribution in [0.15, 0.2) is 54.7 Å². The van der Waals surface area contributed by atoms with Crippen molar-refractivity contribution in [2.45, 2.75) is 13.5 Å². The Balaban J connectivity index is 1.68. The SMILES string of the molecule is COc1ccc(Nc2nccc(C(=O)NCc3ccccc3C)n2)cc1Cl. The number of nitrogens with one attached hydrogen (secondary N) is 2. The van der Waals surface area contributed by atoms with Crippen LogP contribution in [-0.4, -0.2) is 23.0 Å². The Labute approximate surface area is 162 Å². The molecule has 27 heavy (non-hydrogen) atoms. The lowest BCUT2D eigenvalue weighted by molar-refractivity contribution is 0.0946. The van der Waals surface area contributed by atoms with Crippen LogP contribution in [0.3, 0.4) is 0 Å². The quantitative estimate of drug-likeness (QED) is 0.670. The molecule has 0 aliphatic carbocycles. The second kappa shape index (κ2) is 8.51. The van der Waals surface area contributed by atoms with E-state index in [9.17, 15) is 4.79 Å². The van der Waals surface area contributed by atoms with Gasteiger partial charge in [-0.25, -0.2) is 9.97 Å². The molecule has 0 unspecified atom stereocenters. The molecule has 0 bridgehead atoms. The van der Waals surface area contributed by atoms with Gasteiger partial charge in [0.15, 0.2) is 0 Å². The number of aromatic nitrogens is 2. The molecule has 0 saturated heterocycles. The van der Waals surface area contributed by atoms with E-state index in [0.717, 1.165) is 11.1 Å². The minimum Gasteiger partial charge on any atom is -0.495 e. The highest BCUT2D eigenvalue weighted by atomic mass is 35.5. The highest BCUT2D eigenvalue weighted by molar-refractivity contribution is 6.32. The molecule has 2 aromatic carbocycles. The first kappa shape index (κ1) is 18.7. The Morgan fingerprint density at radius 1 is 1.19 bits per heavy atom. The van der Waals surface area contributed by atoms with Gasteiger partial charge in [-0.3, -0.25) is 4.79 Å². The largest absolute Gasteiger partial charge is 0.495 e. The first-order chi connectivity index (χ1) is 13.1. The number of benzene rings is 2. The number of halogens is 1. The van der Waals surface area contributed by atoms with Crippen LogP contribution in [0.4, 0.5) is 11.6 Å². The van der Waals surface area contributed by atoms with Gasteiger partial charge in [0.1, 0.15) is 11.4 Å². The predicted octanol–water partition coefficient (Wildman–Crippen LogP) is 4.12. The summed E-state index contributed by atoms with van der Waals surface area (Å²) in [5.74, 6) is 0.615. The third-order valence-corrected chi connectivity index (χ3v) is 4.29. The fourth-order valence-electron chi connectivity index (χ4n) is 2.49. The van der Waals surface area contributed by atoms with Gasteiger partial charge in [0.25, 0.3) is 5.91 Å². The fourth-order valence-corrected chi connectivity index (χ4v) is 2.75. The number of carbonyl (C=O) groups excluding carboxylic acids is 1. The summed E-state index contributed by atoms with van der Waals surface area (Å²) in [5, 5.41) is 6.38. The number of hydrogen-bond acceptors (Lipinski definition) is 5. The highest BCUT2D eigenvalue weighted by Crippen LogP contribution is 2.28. The summed E-state index contributed by atoms with van der Waals surface area (Å²) < 4.78 is 5.13. The zero-order valence-corrected chi connectivity index (χ0v) is 15.7. The van der Waals surface area contributed by atoms with E-state index in [1.54, 1.807) is 31.4 Å². The molecule has 7 heteroatoms. The van der Waals surface area contributed by atoms with E-state index in [-0.39, 0.29) is 11.6 Å². The first-order valence-electron chi connectivity index (χ1n) is 8.33. The van der Waals surface area contributed by atoms with Crippen LogP contribution in [0.2, 0.25) is 5.02 Å². The second-order valence-electron chi connectivity index (χ2n) is 5.85. The van der Waals surface area contributed by atoms with Crippen LogP contribution in [-0.2, 0) is 6.54 Å². The van der Waals surface area contributed by atoms with Crippen molar-refractivity contribution in [1.29, 1.82) is 0 Å². The Kier molecular flexibility index (Phi) is 5.88. The van der Waals surface area contributed by atoms with Gasteiger partial charge in [0.2, 0.25) is 5.95 Å². The van der Waals surface area contributed by atoms with Gasteiger partial charge in [0, 0.05) is 18.4 Å². The molecule has 1 aromatic heterocycles. The van der Waals surface area contributed by atoms with Crippen molar-refractivity contribution in [2.24, 2.45) is 0 Å². The number of nitrogens with zero attached hydrogens (tertiary/aromatic N) is 2. The van der Waals surface area contributed by atoms with Crippen molar-refractivity contribution in [1.82, 2.24) is 15.3 Å². The van der Waals surface area contributed by atoms with Crippen LogP contribution in [0.5, 0.6) is 5.75 Å². The van der Waals surface area contributed by atoms with Gasteiger partial charge in [0.05, 0.1) is 12.1 Å². The summed E-state index contributed by atoms with van der Waals surface area (Å²) in [5.41, 5.74) is 3.16. The zero-order chi connectivity index (χ0) is 19.2. The van der Waals surface area contributed by atoms with Crippen molar-refractivity contribution in [2.75, 3.05) is 12.4 Å². The van der Waals surface area contributed by atoms with Crippen LogP contribution in [0.25, 0.3) is 0 Å². The van der Waals surface area contributed by atoms with Gasteiger partial charge in [-0.05, 0) is 42.3 Å². The number of rotatable bonds is 6. The average molecular weight is 383 g/mol. The molecule has 0 atom stereocenters. The average Bonchev–Trinajstić information content (AvgIpc) is 2.67. The lowest BCUT2D eigenvalue weighted by atomic mass is 10.1. The number of ether oxygens (including phenoxy) is 1. The maximum absolute atomic E-state index is 12.4. The van der Waals surface area contributed by atoms with Crippen molar-refractivity contribution in [3.8, 4) is 5.75 Å². The lowest BCUT2D eigenvalue weighted by Gasteiger charge is -2.10. The van der Waals surface area contributed by atoms with E-state index >= 15 is 0 Å². The summed E-state index contributed by atoms with van der Waals surface area (Å²) in [6.45, 7) is 2.44. The molecule has 3 aromatic rings. The van der Waals surface area contributed by atoms with Crippen LogP contribution in [0.1, 0.15) is 21.6 Å². The van der Waals surface area contributed by atoms with Gasteiger partial charge < -0.3 is 15.4 Å². The third kappa shape index (κ3) is 4.74. The topological polar surface area (TPSA) is 76.1 Å². The van der Waals surface area contributed by atoms with E-state index in [0.29, 0.717) is 29.0 Å². The van der Waals surface area contributed by atoms with Crippen molar-refractivity contribution >= 4 is 29.1 Å². The van der Waals surface area contributed by atoms with E-state index in [4.69, 9.17) is 16.3 Å². The van der Waals surface area contributed by atoms with Crippen molar-refractivity contribution in [3.63, 3.8) is 0 Å². The molecule has 0 radical (unpaired) electrons. The predicted molar refractivity (Wildman–Crippen MR) is 106 cm³/mol. The van der Waals surface area contributed by atoms with E-state index in [1.807, 2.05) is 31.2 Å². The molecule has 0 spiro atoms. The summed E-state index contributed by atoms with van der Waals surface area (Å²) in [6.07, 6.45) is 1.53. The highest BCUT2D eigenvalue weighted by Gasteiger charge is 2.10. The maximum atomic E-state index is 12.4. The summed E-state index contributed by atoms with van der Waals surface area (Å²) in [4.78, 5) is 20.8. The van der Waals surface area contributed by atoms with Crippen LogP contribution in [0, 0.1) is 6.92 Å². The van der Waals surface area contributed by atoms with Crippen molar-refractivity contribution < 1.29 is 9.53 Å². The second-order valence-corrected chi connectivity index (χ2v) is 6.26. The van der Waals surface area contributed by atoms with Gasteiger partial charge in [-0.1, -0.05) is 35.9 Å². The molecule has 0 aliphatic heterocycles. The summed E-state index contributed by atoms with van der Waals surface area (Å²) in [6, 6.07) is 14.7. The Bertz CT molecular complexity index is 962. The first-order valence-corrected chi connectivity index (χ1v) is 8.71. The lowest BCUT2D eigenvalue weighted by Crippen LogP contribution is -2.24. The fraction of sp³-hybridized carbons (Fsp3) is 0.150. The molecule has 138 valence electrons. The summed E-state index contributed by atoms with van der Waals surface area (Å²) >= 11 is 6.12. The Morgan fingerprint density at radius 2 is 2.00 bits per heavy atom. The standard InChI is InChI=1S/C20H19ClN4O2/c1-13-5-3-4-6-14(13)12-23-19(26)17-9-10-22-20(25-17)24-15-7-8-18(27-2)16(21)11-15/h3-11H,12H2,1-2H3,(H,23,26)(H,22,24,25). The van der Waals surface area contributed by atoms with Gasteiger partial charge >= 0.3 is 0 Å². The maximum Gasteiger partial charge on any atom is 0.270 e. The molecule has 3 rings (SSSR count). The van der Waals surface area contributed by atoms with Gasteiger partial charge in [-0.15, -0.1) is 0 Å². The number of hydrogen-bond donors (Lipinski definition) is 2. The normalized spacial score (nSPS) is 10.3. The van der Waals surface area contributed by atoms with E-state index in [2.05, 4.69) is 20.6 Å². The monoisotopic (exact) mass is 382 g/mol. The van der Waals surface area contributed by atoms with Gasteiger partial charge in [-0.2, -0.15) is 0 Å². The number of aryl methyl sites for hydroxylation is 1. The Hall–Kier alpha value is -3.12. The van der Waals surface area contributed by atoms with E-state index in [1.165, 1.54) is 6.20 Å². The molecule has 1 amide bonds. The zero-order valence-electron chi connectivity index (χ0n) is 15.0. The molecular formula is C20H19ClN4O2. The number of amides is 1.